The Morgan fingerprint density at radius 3 is 2.94 bits per heavy atom. The van der Waals surface area contributed by atoms with E-state index in [1.807, 2.05) is 0 Å². The maximum atomic E-state index is 5.88. The summed E-state index contributed by atoms with van der Waals surface area (Å²) in [4.78, 5) is 7.07. The molecule has 5 heteroatoms. The molecule has 1 aliphatic heterocycles. The quantitative estimate of drug-likeness (QED) is 0.784. The molecule has 1 aliphatic rings. The number of alkyl halides is 1. The van der Waals surface area contributed by atoms with Gasteiger partial charge in [0.1, 0.15) is 5.82 Å². The van der Waals surface area contributed by atoms with Gasteiger partial charge in [-0.3, -0.25) is 0 Å². The lowest BCUT2D eigenvalue weighted by Crippen LogP contribution is -2.39. The third kappa shape index (κ3) is 3.10. The zero-order valence-corrected chi connectivity index (χ0v) is 12.1. The second-order valence-corrected chi connectivity index (χ2v) is 6.02. The highest BCUT2D eigenvalue weighted by atomic mass is 35.5. The molecule has 1 unspecified atom stereocenters. The van der Waals surface area contributed by atoms with Gasteiger partial charge < -0.3 is 4.90 Å². The van der Waals surface area contributed by atoms with Crippen molar-refractivity contribution in [2.75, 3.05) is 17.3 Å². The molecule has 0 amide bonds. The maximum Gasteiger partial charge on any atom is 0.205 e. The Kier molecular flexibility index (Phi) is 4.62. The van der Waals surface area contributed by atoms with Gasteiger partial charge in [0.2, 0.25) is 5.13 Å². The number of nitrogens with zero attached hydrogens (tertiary/aromatic N) is 3. The van der Waals surface area contributed by atoms with Gasteiger partial charge in [-0.2, -0.15) is 4.37 Å². The molecule has 1 saturated heterocycles. The molecule has 1 aromatic rings. The van der Waals surface area contributed by atoms with Gasteiger partial charge in [0, 0.05) is 35.9 Å². The third-order valence-electron chi connectivity index (χ3n) is 3.26. The summed E-state index contributed by atoms with van der Waals surface area (Å²) in [5, 5.41) is 1.09. The summed E-state index contributed by atoms with van der Waals surface area (Å²) >= 11 is 7.42. The minimum atomic E-state index is 0.413. The van der Waals surface area contributed by atoms with Gasteiger partial charge in [-0.05, 0) is 25.7 Å². The van der Waals surface area contributed by atoms with Crippen molar-refractivity contribution in [2.24, 2.45) is 0 Å². The standard InChI is InChI=1S/C12H20ClN3S/c1-9(2)11-14-12(17-15-11)16-8-4-3-5-10(16)6-7-13/h9-10H,3-8H2,1-2H3. The van der Waals surface area contributed by atoms with E-state index in [4.69, 9.17) is 11.6 Å². The number of hydrogen-bond acceptors (Lipinski definition) is 4. The molecular weight excluding hydrogens is 254 g/mol. The lowest BCUT2D eigenvalue weighted by molar-refractivity contribution is 0.450. The smallest absolute Gasteiger partial charge is 0.205 e. The van der Waals surface area contributed by atoms with Crippen molar-refractivity contribution in [3.8, 4) is 0 Å². The Balaban J connectivity index is 2.11. The Hall–Kier alpha value is -0.350. The van der Waals surface area contributed by atoms with Gasteiger partial charge >= 0.3 is 0 Å². The predicted octanol–water partition coefficient (Wildman–Crippen LogP) is 3.65. The first-order valence-electron chi connectivity index (χ1n) is 6.38. The molecule has 0 bridgehead atoms. The molecule has 0 saturated carbocycles. The van der Waals surface area contributed by atoms with E-state index in [2.05, 4.69) is 28.1 Å². The van der Waals surface area contributed by atoms with E-state index in [0.29, 0.717) is 12.0 Å². The molecule has 0 radical (unpaired) electrons. The minimum Gasteiger partial charge on any atom is -0.344 e. The van der Waals surface area contributed by atoms with E-state index >= 15 is 0 Å². The van der Waals surface area contributed by atoms with Crippen LogP contribution in [0.3, 0.4) is 0 Å². The average Bonchev–Trinajstić information content (AvgIpc) is 2.79. The van der Waals surface area contributed by atoms with Gasteiger partial charge in [-0.25, -0.2) is 4.98 Å². The molecular formula is C12H20ClN3S. The number of rotatable bonds is 4. The Morgan fingerprint density at radius 1 is 1.47 bits per heavy atom. The highest BCUT2D eigenvalue weighted by Crippen LogP contribution is 2.29. The van der Waals surface area contributed by atoms with Crippen molar-refractivity contribution in [1.82, 2.24) is 9.36 Å². The summed E-state index contributed by atoms with van der Waals surface area (Å²) < 4.78 is 4.44. The molecule has 0 spiro atoms. The van der Waals surface area contributed by atoms with Crippen LogP contribution in [0, 0.1) is 0 Å². The van der Waals surface area contributed by atoms with Crippen LogP contribution in [0.25, 0.3) is 0 Å². The molecule has 96 valence electrons. The van der Waals surface area contributed by atoms with Gasteiger partial charge in [-0.1, -0.05) is 13.8 Å². The van der Waals surface area contributed by atoms with Gasteiger partial charge in [0.05, 0.1) is 0 Å². The summed E-state index contributed by atoms with van der Waals surface area (Å²) in [5.74, 6) is 2.12. The SMILES string of the molecule is CC(C)c1nsc(N2CCCCC2CCCl)n1. The predicted molar refractivity (Wildman–Crippen MR) is 74.3 cm³/mol. The summed E-state index contributed by atoms with van der Waals surface area (Å²) in [6.07, 6.45) is 4.87. The fourth-order valence-corrected chi connectivity index (χ4v) is 3.41. The molecule has 0 aliphatic carbocycles. The maximum absolute atomic E-state index is 5.88. The van der Waals surface area contributed by atoms with Gasteiger partial charge in [0.25, 0.3) is 0 Å². The van der Waals surface area contributed by atoms with Gasteiger partial charge in [-0.15, -0.1) is 11.6 Å². The van der Waals surface area contributed by atoms with Crippen molar-refractivity contribution < 1.29 is 0 Å². The lowest BCUT2D eigenvalue weighted by atomic mass is 10.0. The summed E-state index contributed by atoms with van der Waals surface area (Å²) in [5.41, 5.74) is 0. The summed E-state index contributed by atoms with van der Waals surface area (Å²) in [7, 11) is 0. The van der Waals surface area contributed by atoms with Crippen LogP contribution in [0.1, 0.15) is 51.3 Å². The van der Waals surface area contributed by atoms with E-state index < -0.39 is 0 Å². The molecule has 3 nitrogen and oxygen atoms in total. The molecule has 1 atom stereocenters. The van der Waals surface area contributed by atoms with Crippen LogP contribution < -0.4 is 4.90 Å². The largest absolute Gasteiger partial charge is 0.344 e. The van der Waals surface area contributed by atoms with E-state index in [-0.39, 0.29) is 0 Å². The number of halogens is 1. The van der Waals surface area contributed by atoms with Crippen LogP contribution in [0.4, 0.5) is 5.13 Å². The third-order valence-corrected chi connectivity index (χ3v) is 4.25. The Labute approximate surface area is 112 Å². The first-order valence-corrected chi connectivity index (χ1v) is 7.69. The monoisotopic (exact) mass is 273 g/mol. The first-order chi connectivity index (χ1) is 8.22. The van der Waals surface area contributed by atoms with Crippen LogP contribution in [0.2, 0.25) is 0 Å². The molecule has 2 rings (SSSR count). The summed E-state index contributed by atoms with van der Waals surface area (Å²) in [6, 6.07) is 0.564. The second-order valence-electron chi connectivity index (χ2n) is 4.91. The van der Waals surface area contributed by atoms with Crippen molar-refractivity contribution in [3.63, 3.8) is 0 Å². The van der Waals surface area contributed by atoms with Crippen molar-refractivity contribution in [2.45, 2.75) is 51.5 Å². The molecule has 1 aromatic heterocycles. The first kappa shape index (κ1) is 13.1. The molecule has 0 N–H and O–H groups in total. The highest BCUT2D eigenvalue weighted by molar-refractivity contribution is 7.09. The number of aromatic nitrogens is 2. The van der Waals surface area contributed by atoms with Crippen LogP contribution in [-0.4, -0.2) is 27.8 Å². The van der Waals surface area contributed by atoms with E-state index in [9.17, 15) is 0 Å². The zero-order chi connectivity index (χ0) is 12.3. The molecule has 1 fully saturated rings. The fourth-order valence-electron chi connectivity index (χ4n) is 2.26. The summed E-state index contributed by atoms with van der Waals surface area (Å²) in [6.45, 7) is 5.38. The van der Waals surface area contributed by atoms with Crippen molar-refractivity contribution >= 4 is 28.3 Å². The topological polar surface area (TPSA) is 29.0 Å². The van der Waals surface area contributed by atoms with Crippen LogP contribution >= 0.6 is 23.1 Å². The highest BCUT2D eigenvalue weighted by Gasteiger charge is 2.25. The van der Waals surface area contributed by atoms with E-state index in [0.717, 1.165) is 29.8 Å². The van der Waals surface area contributed by atoms with Crippen molar-refractivity contribution in [1.29, 1.82) is 0 Å². The fraction of sp³-hybridized carbons (Fsp3) is 0.833. The zero-order valence-electron chi connectivity index (χ0n) is 10.5. The Bertz CT molecular complexity index is 351. The number of hydrogen-bond donors (Lipinski definition) is 0. The van der Waals surface area contributed by atoms with Gasteiger partial charge in [0.15, 0.2) is 0 Å². The Morgan fingerprint density at radius 2 is 2.29 bits per heavy atom. The minimum absolute atomic E-state index is 0.413. The van der Waals surface area contributed by atoms with Crippen LogP contribution in [-0.2, 0) is 0 Å². The molecule has 17 heavy (non-hydrogen) atoms. The normalized spacial score (nSPS) is 21.2. The number of piperidine rings is 1. The van der Waals surface area contributed by atoms with E-state index in [1.165, 1.54) is 30.8 Å². The van der Waals surface area contributed by atoms with E-state index in [1.54, 1.807) is 0 Å². The molecule has 2 heterocycles. The van der Waals surface area contributed by atoms with Crippen LogP contribution in [0.5, 0.6) is 0 Å². The average molecular weight is 274 g/mol. The van der Waals surface area contributed by atoms with Crippen molar-refractivity contribution in [3.05, 3.63) is 5.82 Å². The number of anilines is 1. The second kappa shape index (κ2) is 6.01. The lowest BCUT2D eigenvalue weighted by Gasteiger charge is -2.35. The van der Waals surface area contributed by atoms with Crippen LogP contribution in [0.15, 0.2) is 0 Å². The molecule has 0 aromatic carbocycles.